The molecule has 0 spiro atoms. The number of carbonyl (C=O) groups is 2. The third-order valence-electron chi connectivity index (χ3n) is 8.27. The van der Waals surface area contributed by atoms with Gasteiger partial charge in [0.1, 0.15) is 16.8 Å². The van der Waals surface area contributed by atoms with E-state index >= 15 is 0 Å². The van der Waals surface area contributed by atoms with Gasteiger partial charge < -0.3 is 14.7 Å². The second kappa shape index (κ2) is 12.3. The largest absolute Gasteiger partial charge is 0.404 e. The predicted octanol–water partition coefficient (Wildman–Crippen LogP) is 6.81. The molecule has 2 saturated heterocycles. The molecule has 0 radical (unpaired) electrons. The summed E-state index contributed by atoms with van der Waals surface area (Å²) in [6, 6.07) is 6.14. The fourth-order valence-electron chi connectivity index (χ4n) is 5.93. The van der Waals surface area contributed by atoms with E-state index in [2.05, 4.69) is 16.8 Å². The van der Waals surface area contributed by atoms with Crippen LogP contribution in [0.2, 0.25) is 10.2 Å². The van der Waals surface area contributed by atoms with Gasteiger partial charge in [-0.3, -0.25) is 9.59 Å². The second-order valence-corrected chi connectivity index (χ2v) is 12.4. The van der Waals surface area contributed by atoms with Crippen molar-refractivity contribution in [3.8, 4) is 0 Å². The maximum Gasteiger partial charge on any atom is 0.404 e. The second-order valence-electron chi connectivity index (χ2n) is 11.7. The first-order valence-corrected chi connectivity index (χ1v) is 14.4. The summed E-state index contributed by atoms with van der Waals surface area (Å²) in [7, 11) is 3.31. The van der Waals surface area contributed by atoms with Gasteiger partial charge in [0.05, 0.1) is 5.56 Å². The Bertz CT molecular complexity index is 1250. The van der Waals surface area contributed by atoms with E-state index in [0.717, 1.165) is 56.4 Å². The van der Waals surface area contributed by atoms with Crippen LogP contribution in [0.1, 0.15) is 60.9 Å². The summed E-state index contributed by atoms with van der Waals surface area (Å²) >= 11 is 12.1. The molecule has 0 saturated carbocycles. The van der Waals surface area contributed by atoms with Crippen LogP contribution in [0.4, 0.5) is 23.4 Å². The number of hydrogen-bond acceptors (Lipinski definition) is 4. The summed E-state index contributed by atoms with van der Waals surface area (Å²) < 4.78 is 55.7. The minimum atomic E-state index is -4.87. The lowest BCUT2D eigenvalue weighted by Crippen LogP contribution is -2.47. The molecule has 12 heteroatoms. The molecule has 0 bridgehead atoms. The first-order valence-electron chi connectivity index (χ1n) is 13.6. The fraction of sp³-hybridized carbons (Fsp3) is 0.552. The van der Waals surface area contributed by atoms with Crippen molar-refractivity contribution < 1.29 is 27.2 Å². The van der Waals surface area contributed by atoms with Crippen LogP contribution in [-0.2, 0) is 4.79 Å². The van der Waals surface area contributed by atoms with Gasteiger partial charge in [0.25, 0.3) is 5.91 Å². The van der Waals surface area contributed by atoms with Crippen LogP contribution in [-0.4, -0.2) is 73.0 Å². The summed E-state index contributed by atoms with van der Waals surface area (Å²) in [5.74, 6) is -3.50. The number of hydrogen-bond donors (Lipinski definition) is 0. The Balaban J connectivity index is 1.33. The van der Waals surface area contributed by atoms with Crippen LogP contribution in [0.3, 0.4) is 0 Å². The van der Waals surface area contributed by atoms with E-state index in [-0.39, 0.29) is 34.6 Å². The number of piperidine rings is 2. The van der Waals surface area contributed by atoms with E-state index in [1.165, 1.54) is 9.80 Å². The summed E-state index contributed by atoms with van der Waals surface area (Å²) in [6.07, 6.45) is -0.934. The molecule has 2 amide bonds. The molecule has 4 rings (SSSR count). The average Bonchev–Trinajstić information content (AvgIpc) is 2.87. The van der Waals surface area contributed by atoms with Gasteiger partial charge in [-0.2, -0.15) is 13.2 Å². The lowest BCUT2D eigenvalue weighted by molar-refractivity contribution is -0.173. The molecule has 1 aromatic heterocycles. The van der Waals surface area contributed by atoms with Gasteiger partial charge in [0, 0.05) is 45.3 Å². The maximum absolute atomic E-state index is 14.0. The van der Waals surface area contributed by atoms with Crippen LogP contribution in [0, 0.1) is 17.2 Å². The Labute approximate surface area is 247 Å². The zero-order valence-electron chi connectivity index (χ0n) is 23.3. The quantitative estimate of drug-likeness (QED) is 0.264. The molecule has 0 aliphatic carbocycles. The molecule has 41 heavy (non-hydrogen) atoms. The molecule has 2 aromatic rings. The van der Waals surface area contributed by atoms with Crippen molar-refractivity contribution >= 4 is 40.8 Å². The molecule has 2 aliphatic rings. The van der Waals surface area contributed by atoms with Gasteiger partial charge >= 0.3 is 6.18 Å². The molecular formula is C29H34Cl2F4N4O2. The van der Waals surface area contributed by atoms with Crippen molar-refractivity contribution in [1.82, 2.24) is 14.8 Å². The van der Waals surface area contributed by atoms with E-state index < -0.39 is 29.4 Å². The third kappa shape index (κ3) is 7.44. The number of likely N-dealkylation sites (tertiary alicyclic amines) is 1. The maximum atomic E-state index is 14.0. The number of halogens is 6. The molecular weight excluding hydrogens is 583 g/mol. The van der Waals surface area contributed by atoms with Crippen LogP contribution >= 0.6 is 23.2 Å². The van der Waals surface area contributed by atoms with E-state index in [0.29, 0.717) is 24.3 Å². The smallest absolute Gasteiger partial charge is 0.357 e. The summed E-state index contributed by atoms with van der Waals surface area (Å²) in [6.45, 7) is 4.11. The van der Waals surface area contributed by atoms with Crippen LogP contribution < -0.4 is 4.90 Å². The minimum absolute atomic E-state index is 0.102. The summed E-state index contributed by atoms with van der Waals surface area (Å²) in [5.41, 5.74) is -0.230. The van der Waals surface area contributed by atoms with Gasteiger partial charge in [-0.25, -0.2) is 9.37 Å². The van der Waals surface area contributed by atoms with Gasteiger partial charge in [-0.15, -0.1) is 0 Å². The zero-order valence-corrected chi connectivity index (χ0v) is 24.8. The molecule has 6 nitrogen and oxygen atoms in total. The number of pyridine rings is 1. The molecule has 2 aliphatic heterocycles. The molecule has 1 unspecified atom stereocenters. The summed E-state index contributed by atoms with van der Waals surface area (Å²) in [4.78, 5) is 34.6. The zero-order chi connectivity index (χ0) is 30.1. The average molecular weight is 618 g/mol. The fourth-order valence-corrected chi connectivity index (χ4v) is 6.39. The number of anilines is 1. The lowest BCUT2D eigenvalue weighted by Gasteiger charge is -2.43. The molecule has 1 aromatic carbocycles. The van der Waals surface area contributed by atoms with Crippen molar-refractivity contribution in [2.75, 3.05) is 45.2 Å². The third-order valence-corrected chi connectivity index (χ3v) is 8.77. The highest BCUT2D eigenvalue weighted by Crippen LogP contribution is 2.43. The minimum Gasteiger partial charge on any atom is -0.357 e. The number of amides is 2. The number of rotatable bonds is 6. The monoisotopic (exact) mass is 616 g/mol. The number of nitrogens with zero attached hydrogens (tertiary/aromatic N) is 4. The Morgan fingerprint density at radius 2 is 1.71 bits per heavy atom. The van der Waals surface area contributed by atoms with Crippen molar-refractivity contribution in [3.05, 3.63) is 57.5 Å². The van der Waals surface area contributed by atoms with Crippen LogP contribution in [0.5, 0.6) is 0 Å². The Kier molecular flexibility index (Phi) is 9.43. The van der Waals surface area contributed by atoms with Gasteiger partial charge in [0.15, 0.2) is 5.92 Å². The highest BCUT2D eigenvalue weighted by Gasteiger charge is 2.49. The Morgan fingerprint density at radius 3 is 2.24 bits per heavy atom. The normalized spacial score (nSPS) is 18.8. The molecule has 1 atom stereocenters. The highest BCUT2D eigenvalue weighted by molar-refractivity contribution is 6.32. The predicted molar refractivity (Wildman–Crippen MR) is 151 cm³/mol. The van der Waals surface area contributed by atoms with Crippen molar-refractivity contribution in [2.24, 2.45) is 11.3 Å². The molecule has 0 N–H and O–H groups in total. The number of alkyl halides is 3. The first kappa shape index (κ1) is 31.3. The number of benzene rings is 1. The summed E-state index contributed by atoms with van der Waals surface area (Å²) in [5, 5.41) is -0.0139. The molecule has 2 fully saturated rings. The van der Waals surface area contributed by atoms with Gasteiger partial charge in [0.2, 0.25) is 5.91 Å². The van der Waals surface area contributed by atoms with E-state index in [1.54, 1.807) is 20.2 Å². The Morgan fingerprint density at radius 1 is 1.07 bits per heavy atom. The van der Waals surface area contributed by atoms with Crippen molar-refractivity contribution in [1.29, 1.82) is 0 Å². The van der Waals surface area contributed by atoms with Crippen molar-refractivity contribution in [2.45, 2.75) is 51.1 Å². The standard InChI is InChI=1S/C29H34Cl2F4N4O2/c1-28(17-18-6-10-38(11-7-18)23-5-4-22(25(31)36-23)26(40)37(2)3)8-12-39(13-9-28)27(41)24(29(33,34)35)19-14-20(30)16-21(32)15-19/h4-5,14-16,18,24H,6-13,17H2,1-3H3. The SMILES string of the molecule is CN(C)C(=O)c1ccc(N2CCC(CC3(C)CCN(C(=O)C(c4cc(F)cc(Cl)c4)C(F)(F)F)CC3)CC2)nc1Cl. The van der Waals surface area contributed by atoms with E-state index in [4.69, 9.17) is 23.2 Å². The number of carbonyl (C=O) groups excluding carboxylic acids is 2. The lowest BCUT2D eigenvalue weighted by atomic mass is 9.71. The topological polar surface area (TPSA) is 56.8 Å². The van der Waals surface area contributed by atoms with Crippen LogP contribution in [0.15, 0.2) is 30.3 Å². The first-order chi connectivity index (χ1) is 19.2. The number of aromatic nitrogens is 1. The van der Waals surface area contributed by atoms with Gasteiger partial charge in [-0.05, 0) is 79.3 Å². The van der Waals surface area contributed by atoms with E-state index in [1.807, 2.05) is 6.07 Å². The molecule has 3 heterocycles. The molecule has 224 valence electrons. The van der Waals surface area contributed by atoms with Crippen LogP contribution in [0.25, 0.3) is 0 Å². The van der Waals surface area contributed by atoms with E-state index in [9.17, 15) is 27.2 Å². The van der Waals surface area contributed by atoms with Crippen molar-refractivity contribution in [3.63, 3.8) is 0 Å². The van der Waals surface area contributed by atoms with Gasteiger partial charge in [-0.1, -0.05) is 30.1 Å². The Hall–Kier alpha value is -2.59. The highest BCUT2D eigenvalue weighted by atomic mass is 35.5.